The summed E-state index contributed by atoms with van der Waals surface area (Å²) < 4.78 is 41.1. The molecule has 0 saturated heterocycles. The molecule has 0 radical (unpaired) electrons. The predicted octanol–water partition coefficient (Wildman–Crippen LogP) is 4.50. The van der Waals surface area contributed by atoms with E-state index in [9.17, 15) is 18.9 Å². The van der Waals surface area contributed by atoms with Crippen LogP contribution in [0.4, 0.5) is 0 Å². The summed E-state index contributed by atoms with van der Waals surface area (Å²) in [5.74, 6) is -1.84. The molecule has 0 aliphatic heterocycles. The molecular formula is C24H29O9PS. The molecule has 0 aliphatic rings. The third kappa shape index (κ3) is 8.64. The van der Waals surface area contributed by atoms with Crippen molar-refractivity contribution in [1.82, 2.24) is 0 Å². The van der Waals surface area contributed by atoms with Gasteiger partial charge in [0.2, 0.25) is 5.66 Å². The van der Waals surface area contributed by atoms with Crippen LogP contribution in [-0.4, -0.2) is 54.9 Å². The van der Waals surface area contributed by atoms with Gasteiger partial charge in [-0.25, -0.2) is 4.57 Å². The largest absolute Gasteiger partial charge is 0.469 e. The minimum Gasteiger partial charge on any atom is -0.469 e. The highest BCUT2D eigenvalue weighted by Crippen LogP contribution is 2.56. The van der Waals surface area contributed by atoms with Crippen LogP contribution in [0.5, 0.6) is 11.5 Å². The van der Waals surface area contributed by atoms with E-state index in [0.29, 0.717) is 0 Å². The van der Waals surface area contributed by atoms with Crippen molar-refractivity contribution in [2.45, 2.75) is 31.2 Å². The van der Waals surface area contributed by atoms with Gasteiger partial charge in [0.25, 0.3) is 0 Å². The molecule has 2 aromatic carbocycles. The second kappa shape index (κ2) is 14.4. The van der Waals surface area contributed by atoms with Crippen molar-refractivity contribution in [3.63, 3.8) is 0 Å². The van der Waals surface area contributed by atoms with Gasteiger partial charge in [-0.2, -0.15) is 0 Å². The molecule has 0 aromatic heterocycles. The molecule has 35 heavy (non-hydrogen) atoms. The average Bonchev–Trinajstić information content (AvgIpc) is 2.84. The number of carbonyl (C=O) groups is 3. The van der Waals surface area contributed by atoms with Crippen LogP contribution in [0, 0.1) is 0 Å². The number of carbonyl (C=O) groups excluding carboxylic acids is 3. The molecule has 0 fully saturated rings. The van der Waals surface area contributed by atoms with E-state index in [1.54, 1.807) is 74.5 Å². The molecule has 2 atom stereocenters. The summed E-state index contributed by atoms with van der Waals surface area (Å²) in [4.78, 5) is 37.8. The molecule has 9 nitrogen and oxygen atoms in total. The molecular weight excluding hydrogens is 495 g/mol. The van der Waals surface area contributed by atoms with Crippen molar-refractivity contribution in [2.24, 2.45) is 0 Å². The molecule has 0 spiro atoms. The second-order valence-electron chi connectivity index (χ2n) is 6.91. The van der Waals surface area contributed by atoms with Gasteiger partial charge in [0.15, 0.2) is 0 Å². The molecule has 0 saturated carbocycles. The molecule has 11 heteroatoms. The molecule has 0 N–H and O–H groups in total. The van der Waals surface area contributed by atoms with Crippen molar-refractivity contribution >= 4 is 37.3 Å². The molecule has 0 heterocycles. The number of rotatable bonds is 14. The van der Waals surface area contributed by atoms with Gasteiger partial charge in [0.05, 0.1) is 26.7 Å². The van der Waals surface area contributed by atoms with Crippen LogP contribution in [0.3, 0.4) is 0 Å². The maximum absolute atomic E-state index is 14.4. The standard InChI is InChI=1S/C24H29O9PS/c1-4-30-23(26)21(22(24(27)31-5-2)35-17-16-20(25)29-3)34(28,32-18-12-8-6-9-13-18)33-19-14-10-7-11-15-19/h6-15,21-22H,4-5,16-17H2,1-3H3. The summed E-state index contributed by atoms with van der Waals surface area (Å²) >= 11 is 0.915. The van der Waals surface area contributed by atoms with E-state index in [0.717, 1.165) is 11.8 Å². The SMILES string of the molecule is CCOC(=O)C(SCCC(=O)OC)C(C(=O)OCC)P(=O)(Oc1ccccc1)Oc1ccccc1. The first kappa shape index (κ1) is 28.3. The van der Waals surface area contributed by atoms with E-state index in [1.165, 1.54) is 7.11 Å². The Kier molecular flexibility index (Phi) is 11.7. The Hall–Kier alpha value is -2.97. The van der Waals surface area contributed by atoms with E-state index in [2.05, 4.69) is 4.74 Å². The molecule has 0 aliphatic carbocycles. The Morgan fingerprint density at radius 3 is 1.77 bits per heavy atom. The molecule has 2 aromatic rings. The maximum Gasteiger partial charge on any atom is 0.446 e. The quantitative estimate of drug-likeness (QED) is 0.199. The molecule has 2 rings (SSSR count). The van der Waals surface area contributed by atoms with Crippen LogP contribution in [0.15, 0.2) is 60.7 Å². The summed E-state index contributed by atoms with van der Waals surface area (Å²) in [7, 11) is -3.23. The summed E-state index contributed by atoms with van der Waals surface area (Å²) in [5.41, 5.74) is -1.69. The van der Waals surface area contributed by atoms with Gasteiger partial charge >= 0.3 is 25.5 Å². The number of hydrogen-bond acceptors (Lipinski definition) is 10. The second-order valence-corrected chi connectivity index (χ2v) is 10.2. The minimum absolute atomic E-state index is 0.0197. The van der Waals surface area contributed by atoms with Gasteiger partial charge in [-0.3, -0.25) is 14.4 Å². The number of esters is 3. The van der Waals surface area contributed by atoms with Gasteiger partial charge in [0, 0.05) is 5.75 Å². The van der Waals surface area contributed by atoms with Crippen LogP contribution < -0.4 is 9.05 Å². The van der Waals surface area contributed by atoms with Crippen LogP contribution in [0.1, 0.15) is 20.3 Å². The lowest BCUT2D eigenvalue weighted by atomic mass is 10.3. The van der Waals surface area contributed by atoms with E-state index in [1.807, 2.05) is 0 Å². The van der Waals surface area contributed by atoms with Crippen LogP contribution in [0.25, 0.3) is 0 Å². The third-order valence-electron chi connectivity index (χ3n) is 4.46. The summed E-state index contributed by atoms with van der Waals surface area (Å²) in [6, 6.07) is 16.3. The number of ether oxygens (including phenoxy) is 3. The van der Waals surface area contributed by atoms with Crippen LogP contribution in [0.2, 0.25) is 0 Å². The van der Waals surface area contributed by atoms with Crippen LogP contribution >= 0.6 is 19.4 Å². The Morgan fingerprint density at radius 2 is 1.31 bits per heavy atom. The average molecular weight is 525 g/mol. The van der Waals surface area contributed by atoms with Gasteiger partial charge in [-0.05, 0) is 38.1 Å². The number of methoxy groups -OCH3 is 1. The van der Waals surface area contributed by atoms with Crippen LogP contribution in [-0.2, 0) is 33.2 Å². The zero-order chi connectivity index (χ0) is 25.7. The molecule has 2 unspecified atom stereocenters. The predicted molar refractivity (Wildman–Crippen MR) is 132 cm³/mol. The first-order valence-corrected chi connectivity index (χ1v) is 13.6. The first-order chi connectivity index (χ1) is 16.8. The fraction of sp³-hybridized carbons (Fsp3) is 0.375. The van der Waals surface area contributed by atoms with Crippen molar-refractivity contribution in [2.75, 3.05) is 26.1 Å². The van der Waals surface area contributed by atoms with Gasteiger partial charge in [0.1, 0.15) is 16.7 Å². The Bertz CT molecular complexity index is 955. The number of hydrogen-bond donors (Lipinski definition) is 0. The third-order valence-corrected chi connectivity index (χ3v) is 8.04. The zero-order valence-electron chi connectivity index (χ0n) is 19.8. The lowest BCUT2D eigenvalue weighted by Gasteiger charge is -2.30. The van der Waals surface area contributed by atoms with E-state index in [4.69, 9.17) is 18.5 Å². The van der Waals surface area contributed by atoms with Crippen molar-refractivity contribution in [1.29, 1.82) is 0 Å². The summed E-state index contributed by atoms with van der Waals surface area (Å²) in [6.45, 7) is 3.17. The molecule has 0 bridgehead atoms. The maximum atomic E-state index is 14.4. The Balaban J connectivity index is 2.56. The van der Waals surface area contributed by atoms with Gasteiger partial charge < -0.3 is 23.3 Å². The Labute approximate surface area is 209 Å². The summed E-state index contributed by atoms with van der Waals surface area (Å²) in [5, 5.41) is -1.35. The highest BCUT2D eigenvalue weighted by atomic mass is 32.2. The normalized spacial score (nSPS) is 12.7. The highest BCUT2D eigenvalue weighted by molar-refractivity contribution is 8.01. The topological polar surface area (TPSA) is 114 Å². The molecule has 0 amide bonds. The minimum atomic E-state index is -4.48. The smallest absolute Gasteiger partial charge is 0.446 e. The molecule has 190 valence electrons. The van der Waals surface area contributed by atoms with Crippen molar-refractivity contribution < 1.29 is 42.2 Å². The zero-order valence-corrected chi connectivity index (χ0v) is 21.5. The monoisotopic (exact) mass is 524 g/mol. The van der Waals surface area contributed by atoms with E-state index >= 15 is 0 Å². The fourth-order valence-corrected chi connectivity index (χ4v) is 6.54. The van der Waals surface area contributed by atoms with E-state index < -0.39 is 36.4 Å². The summed E-state index contributed by atoms with van der Waals surface area (Å²) in [6.07, 6.45) is -0.0456. The lowest BCUT2D eigenvalue weighted by Crippen LogP contribution is -2.42. The number of para-hydroxylation sites is 2. The van der Waals surface area contributed by atoms with Gasteiger partial charge in [-0.1, -0.05) is 36.4 Å². The first-order valence-electron chi connectivity index (χ1n) is 10.9. The highest BCUT2D eigenvalue weighted by Gasteiger charge is 2.54. The van der Waals surface area contributed by atoms with E-state index in [-0.39, 0.29) is 36.9 Å². The Morgan fingerprint density at radius 1 is 0.829 bits per heavy atom. The lowest BCUT2D eigenvalue weighted by molar-refractivity contribution is -0.149. The van der Waals surface area contributed by atoms with Crippen molar-refractivity contribution in [3.05, 3.63) is 60.7 Å². The van der Waals surface area contributed by atoms with Crippen molar-refractivity contribution in [3.8, 4) is 11.5 Å². The number of thioether (sulfide) groups is 1. The van der Waals surface area contributed by atoms with Gasteiger partial charge in [-0.15, -0.1) is 11.8 Å². The fourth-order valence-electron chi connectivity index (χ4n) is 2.92. The number of benzene rings is 2.